The van der Waals surface area contributed by atoms with Crippen LogP contribution in [-0.4, -0.2) is 47.0 Å². The van der Waals surface area contributed by atoms with E-state index in [1.54, 1.807) is 6.07 Å². The number of amides is 2. The Hall–Kier alpha value is -1.89. The summed E-state index contributed by atoms with van der Waals surface area (Å²) in [7, 11) is 0. The summed E-state index contributed by atoms with van der Waals surface area (Å²) in [5.74, 6) is 1.36. The number of rotatable bonds is 4. The highest BCUT2D eigenvalue weighted by atomic mass is 16.5. The van der Waals surface area contributed by atoms with E-state index in [9.17, 15) is 9.59 Å². The molecular formula is C17H24N4O3. The zero-order valence-corrected chi connectivity index (χ0v) is 13.7. The number of hydrogen-bond acceptors (Lipinski definition) is 5. The molecule has 0 aromatic carbocycles. The van der Waals surface area contributed by atoms with Gasteiger partial charge >= 0.3 is 0 Å². The van der Waals surface area contributed by atoms with E-state index in [4.69, 9.17) is 10.3 Å². The van der Waals surface area contributed by atoms with Gasteiger partial charge in [-0.25, -0.2) is 0 Å². The van der Waals surface area contributed by atoms with E-state index in [1.807, 2.05) is 4.90 Å². The first-order chi connectivity index (χ1) is 11.6. The fourth-order valence-electron chi connectivity index (χ4n) is 3.59. The zero-order valence-electron chi connectivity index (χ0n) is 13.7. The summed E-state index contributed by atoms with van der Waals surface area (Å²) in [6.45, 7) is 1.17. The number of hydrogen-bond donors (Lipinski definition) is 2. The molecular weight excluding hydrogens is 308 g/mol. The average Bonchev–Trinajstić information content (AvgIpc) is 3.27. The van der Waals surface area contributed by atoms with Gasteiger partial charge in [-0.15, -0.1) is 0 Å². The van der Waals surface area contributed by atoms with Crippen LogP contribution in [0.1, 0.15) is 60.7 Å². The lowest BCUT2D eigenvalue weighted by molar-refractivity contribution is -0.141. The lowest BCUT2D eigenvalue weighted by Gasteiger charge is -2.42. The number of carbonyl (C=O) groups is 2. The molecule has 24 heavy (non-hydrogen) atoms. The molecule has 1 saturated heterocycles. The van der Waals surface area contributed by atoms with Crippen molar-refractivity contribution in [3.8, 4) is 0 Å². The van der Waals surface area contributed by atoms with Crippen molar-refractivity contribution < 1.29 is 14.1 Å². The fourth-order valence-corrected chi connectivity index (χ4v) is 3.59. The topological polar surface area (TPSA) is 101 Å². The van der Waals surface area contributed by atoms with Crippen LogP contribution in [0, 0.1) is 5.92 Å². The third kappa shape index (κ3) is 3.17. The minimum Gasteiger partial charge on any atom is -0.360 e. The van der Waals surface area contributed by atoms with E-state index in [2.05, 4.69) is 10.5 Å². The van der Waals surface area contributed by atoms with Crippen LogP contribution in [-0.2, 0) is 4.79 Å². The van der Waals surface area contributed by atoms with Crippen molar-refractivity contribution in [2.24, 2.45) is 11.7 Å². The first-order valence-corrected chi connectivity index (χ1v) is 8.92. The number of likely N-dealkylation sites (tertiary alicyclic amines) is 1. The van der Waals surface area contributed by atoms with E-state index >= 15 is 0 Å². The summed E-state index contributed by atoms with van der Waals surface area (Å²) >= 11 is 0. The lowest BCUT2D eigenvalue weighted by atomic mass is 9.85. The lowest BCUT2D eigenvalue weighted by Crippen LogP contribution is -2.62. The molecule has 130 valence electrons. The van der Waals surface area contributed by atoms with Crippen molar-refractivity contribution >= 4 is 11.8 Å². The molecule has 3 aliphatic rings. The van der Waals surface area contributed by atoms with Gasteiger partial charge in [0, 0.05) is 37.0 Å². The van der Waals surface area contributed by atoms with E-state index in [0.717, 1.165) is 44.3 Å². The van der Waals surface area contributed by atoms with Crippen molar-refractivity contribution in [1.82, 2.24) is 15.4 Å². The maximum atomic E-state index is 12.4. The number of nitrogens with two attached hydrogens (primary N) is 1. The van der Waals surface area contributed by atoms with Crippen LogP contribution in [0.25, 0.3) is 0 Å². The molecule has 0 spiro atoms. The molecule has 1 aliphatic heterocycles. The molecule has 2 heterocycles. The second-order valence-corrected chi connectivity index (χ2v) is 7.41. The van der Waals surface area contributed by atoms with Gasteiger partial charge in [-0.1, -0.05) is 5.16 Å². The predicted octanol–water partition coefficient (Wildman–Crippen LogP) is 1.01. The first kappa shape index (κ1) is 15.6. The van der Waals surface area contributed by atoms with Crippen molar-refractivity contribution in [2.45, 2.75) is 56.5 Å². The molecule has 3 N–H and O–H groups in total. The molecule has 0 atom stereocenters. The van der Waals surface area contributed by atoms with E-state index in [0.29, 0.717) is 24.7 Å². The Bertz CT molecular complexity index is 626. The van der Waals surface area contributed by atoms with Crippen LogP contribution in [0.3, 0.4) is 0 Å². The molecule has 2 amide bonds. The van der Waals surface area contributed by atoms with Crippen LogP contribution >= 0.6 is 0 Å². The fraction of sp³-hybridized carbons (Fsp3) is 0.706. The van der Waals surface area contributed by atoms with Gasteiger partial charge in [-0.2, -0.15) is 0 Å². The van der Waals surface area contributed by atoms with Crippen LogP contribution in [0.2, 0.25) is 0 Å². The largest absolute Gasteiger partial charge is 0.360 e. The van der Waals surface area contributed by atoms with Gasteiger partial charge in [0.25, 0.3) is 5.91 Å². The monoisotopic (exact) mass is 332 g/mol. The summed E-state index contributed by atoms with van der Waals surface area (Å²) in [4.78, 5) is 26.4. The van der Waals surface area contributed by atoms with Gasteiger partial charge in [-0.3, -0.25) is 9.59 Å². The van der Waals surface area contributed by atoms with E-state index in [1.165, 1.54) is 0 Å². The maximum absolute atomic E-state index is 12.4. The summed E-state index contributed by atoms with van der Waals surface area (Å²) < 4.78 is 5.20. The Morgan fingerprint density at radius 2 is 1.88 bits per heavy atom. The molecule has 0 bridgehead atoms. The van der Waals surface area contributed by atoms with Gasteiger partial charge in [-0.05, 0) is 38.5 Å². The molecule has 0 unspecified atom stereocenters. The summed E-state index contributed by atoms with van der Waals surface area (Å²) in [6, 6.07) is 1.99. The minimum absolute atomic E-state index is 0.00775. The second kappa shape index (κ2) is 6.20. The molecule has 2 aliphatic carbocycles. The molecule has 7 heteroatoms. The second-order valence-electron chi connectivity index (χ2n) is 7.41. The van der Waals surface area contributed by atoms with Crippen molar-refractivity contribution in [1.29, 1.82) is 0 Å². The Kier molecular flexibility index (Phi) is 4.04. The highest BCUT2D eigenvalue weighted by Crippen LogP contribution is 2.40. The number of nitrogens with zero attached hydrogens (tertiary/aromatic N) is 2. The van der Waals surface area contributed by atoms with Gasteiger partial charge < -0.3 is 20.5 Å². The standard InChI is InChI=1S/C17H24N4O3/c18-12-5-3-11(4-6-12)17(23)21-8-13(9-21)19-16(22)14-7-15(24-20-14)10-1-2-10/h7,10-13H,1-6,8-9,18H2,(H,19,22). The number of aromatic nitrogens is 1. The van der Waals surface area contributed by atoms with Crippen LogP contribution in [0.4, 0.5) is 0 Å². The van der Waals surface area contributed by atoms with Gasteiger partial charge in [0.15, 0.2) is 5.69 Å². The Morgan fingerprint density at radius 3 is 2.54 bits per heavy atom. The van der Waals surface area contributed by atoms with Crippen molar-refractivity contribution in [3.63, 3.8) is 0 Å². The molecule has 0 radical (unpaired) electrons. The van der Waals surface area contributed by atoms with Crippen molar-refractivity contribution in [3.05, 3.63) is 17.5 Å². The number of carbonyl (C=O) groups excluding carboxylic acids is 2. The molecule has 3 fully saturated rings. The summed E-state index contributed by atoms with van der Waals surface area (Å²) in [6.07, 6.45) is 5.86. The van der Waals surface area contributed by atoms with Gasteiger partial charge in [0.2, 0.25) is 5.91 Å². The van der Waals surface area contributed by atoms with Crippen LogP contribution < -0.4 is 11.1 Å². The third-order valence-electron chi connectivity index (χ3n) is 5.39. The van der Waals surface area contributed by atoms with Crippen LogP contribution in [0.5, 0.6) is 0 Å². The molecule has 2 saturated carbocycles. The normalized spacial score (nSPS) is 27.6. The number of nitrogens with one attached hydrogen (secondary N) is 1. The Labute approximate surface area is 140 Å². The Morgan fingerprint density at radius 1 is 1.17 bits per heavy atom. The SMILES string of the molecule is NC1CCC(C(=O)N2CC(NC(=O)c3cc(C4CC4)on3)C2)CC1. The smallest absolute Gasteiger partial charge is 0.273 e. The van der Waals surface area contributed by atoms with E-state index in [-0.39, 0.29) is 29.8 Å². The molecule has 7 nitrogen and oxygen atoms in total. The minimum atomic E-state index is -0.216. The van der Waals surface area contributed by atoms with Gasteiger partial charge in [0.1, 0.15) is 5.76 Å². The van der Waals surface area contributed by atoms with E-state index < -0.39 is 0 Å². The maximum Gasteiger partial charge on any atom is 0.273 e. The van der Waals surface area contributed by atoms with Crippen molar-refractivity contribution in [2.75, 3.05) is 13.1 Å². The molecule has 1 aromatic heterocycles. The zero-order chi connectivity index (χ0) is 16.7. The predicted molar refractivity (Wildman–Crippen MR) is 86.2 cm³/mol. The summed E-state index contributed by atoms with van der Waals surface area (Å²) in [5.41, 5.74) is 6.23. The highest BCUT2D eigenvalue weighted by molar-refractivity contribution is 5.92. The molecule has 1 aromatic rings. The first-order valence-electron chi connectivity index (χ1n) is 8.92. The highest BCUT2D eigenvalue weighted by Gasteiger charge is 2.37. The third-order valence-corrected chi connectivity index (χ3v) is 5.39. The van der Waals surface area contributed by atoms with Gasteiger partial charge in [0.05, 0.1) is 6.04 Å². The quantitative estimate of drug-likeness (QED) is 0.857. The average molecular weight is 332 g/mol. The Balaban J connectivity index is 1.23. The summed E-state index contributed by atoms with van der Waals surface area (Å²) in [5, 5.41) is 6.77. The van der Waals surface area contributed by atoms with Crippen LogP contribution in [0.15, 0.2) is 10.6 Å². The molecule has 4 rings (SSSR count).